The Hall–Kier alpha value is -1.61. The first-order chi connectivity index (χ1) is 9.17. The minimum atomic E-state index is -4.07. The van der Waals surface area contributed by atoms with Crippen molar-refractivity contribution >= 4 is 15.9 Å². The molecule has 0 aliphatic heterocycles. The van der Waals surface area contributed by atoms with Crippen molar-refractivity contribution < 1.29 is 26.4 Å². The lowest BCUT2D eigenvalue weighted by molar-refractivity contribution is -0.118. The van der Waals surface area contributed by atoms with Gasteiger partial charge in [-0.25, -0.2) is 21.6 Å². The second-order valence-corrected chi connectivity index (χ2v) is 5.98. The van der Waals surface area contributed by atoms with Gasteiger partial charge in [0.2, 0.25) is 15.9 Å². The molecular weight excluding hydrogens is 297 g/mol. The molecule has 5 nitrogen and oxygen atoms in total. The normalized spacial score (nSPS) is 11.8. The number of carbonyl (C=O) groups excluding carboxylic acids is 1. The van der Waals surface area contributed by atoms with Crippen LogP contribution in [-0.4, -0.2) is 31.7 Å². The zero-order valence-electron chi connectivity index (χ0n) is 10.6. The molecule has 0 fully saturated rings. The van der Waals surface area contributed by atoms with Gasteiger partial charge in [-0.1, -0.05) is 6.92 Å². The molecular formula is C11H13F3N2O3S. The van der Waals surface area contributed by atoms with Crippen LogP contribution in [0.4, 0.5) is 13.2 Å². The summed E-state index contributed by atoms with van der Waals surface area (Å²) in [4.78, 5) is 10.8. The van der Waals surface area contributed by atoms with Gasteiger partial charge in [0, 0.05) is 18.2 Å². The summed E-state index contributed by atoms with van der Waals surface area (Å²) in [5, 5.41) is 0. The molecule has 112 valence electrons. The first-order valence-corrected chi connectivity index (χ1v) is 7.17. The Morgan fingerprint density at radius 2 is 1.75 bits per heavy atom. The summed E-state index contributed by atoms with van der Waals surface area (Å²) < 4.78 is 63.8. The van der Waals surface area contributed by atoms with E-state index in [2.05, 4.69) is 0 Å². The number of primary amides is 1. The van der Waals surface area contributed by atoms with Gasteiger partial charge in [-0.3, -0.25) is 4.79 Å². The average Bonchev–Trinajstić information content (AvgIpc) is 2.32. The number of carbonyl (C=O) groups is 1. The molecule has 0 unspecified atom stereocenters. The molecule has 0 saturated heterocycles. The lowest BCUT2D eigenvalue weighted by atomic mass is 10.2. The van der Waals surface area contributed by atoms with Gasteiger partial charge in [0.15, 0.2) is 11.6 Å². The van der Waals surface area contributed by atoms with E-state index < -0.39 is 51.2 Å². The predicted molar refractivity (Wildman–Crippen MR) is 65.4 cm³/mol. The fourth-order valence-corrected chi connectivity index (χ4v) is 3.06. The molecule has 1 amide bonds. The van der Waals surface area contributed by atoms with Crippen LogP contribution in [0.15, 0.2) is 12.1 Å². The van der Waals surface area contributed by atoms with Gasteiger partial charge >= 0.3 is 0 Å². The van der Waals surface area contributed by atoms with Crippen molar-refractivity contribution in [3.63, 3.8) is 0 Å². The minimum Gasteiger partial charge on any atom is -0.369 e. The Kier molecular flexibility index (Phi) is 5.12. The molecule has 0 spiro atoms. The lowest BCUT2D eigenvalue weighted by Gasteiger charge is -2.19. The second kappa shape index (κ2) is 6.23. The average molecular weight is 310 g/mol. The Labute approximate surface area is 114 Å². The molecule has 0 atom stereocenters. The summed E-state index contributed by atoms with van der Waals surface area (Å²) in [7, 11) is -4.07. The molecule has 0 heterocycles. The Bertz CT molecular complexity index is 620. The van der Waals surface area contributed by atoms with Crippen LogP contribution in [0.5, 0.6) is 0 Å². The predicted octanol–water partition coefficient (Wildman–Crippen LogP) is 0.741. The third-order valence-electron chi connectivity index (χ3n) is 2.51. The van der Waals surface area contributed by atoms with Crippen LogP contribution in [0.3, 0.4) is 0 Å². The lowest BCUT2D eigenvalue weighted by Crippen LogP contribution is -2.39. The molecule has 20 heavy (non-hydrogen) atoms. The largest absolute Gasteiger partial charge is 0.369 e. The monoisotopic (exact) mass is 310 g/mol. The standard InChI is InChI=1S/C11H13F3N2O3S/c1-2-16(5-11(15)17)20(18,19)6-7-3-9(13)10(14)4-8(7)12/h3-4H,2,5-6H2,1H3,(H2,15,17). The maximum Gasteiger partial charge on any atom is 0.232 e. The summed E-state index contributed by atoms with van der Waals surface area (Å²) in [6.07, 6.45) is 0. The molecule has 0 saturated carbocycles. The first kappa shape index (κ1) is 16.4. The van der Waals surface area contributed by atoms with Gasteiger partial charge < -0.3 is 5.73 Å². The van der Waals surface area contributed by atoms with Gasteiger partial charge in [0.25, 0.3) is 0 Å². The van der Waals surface area contributed by atoms with Crippen molar-refractivity contribution in [1.82, 2.24) is 4.31 Å². The van der Waals surface area contributed by atoms with Crippen molar-refractivity contribution in [1.29, 1.82) is 0 Å². The molecule has 0 radical (unpaired) electrons. The number of amides is 1. The molecule has 1 rings (SSSR count). The van der Waals surface area contributed by atoms with Crippen LogP contribution in [0, 0.1) is 17.5 Å². The van der Waals surface area contributed by atoms with Crippen molar-refractivity contribution in [3.8, 4) is 0 Å². The number of hydrogen-bond acceptors (Lipinski definition) is 3. The third-order valence-corrected chi connectivity index (χ3v) is 4.36. The number of nitrogens with zero attached hydrogens (tertiary/aromatic N) is 1. The Morgan fingerprint density at radius 1 is 1.20 bits per heavy atom. The number of halogens is 3. The zero-order chi connectivity index (χ0) is 15.5. The zero-order valence-corrected chi connectivity index (χ0v) is 11.4. The van der Waals surface area contributed by atoms with Crippen LogP contribution in [0.25, 0.3) is 0 Å². The highest BCUT2D eigenvalue weighted by atomic mass is 32.2. The van der Waals surface area contributed by atoms with Crippen LogP contribution in [-0.2, 0) is 20.6 Å². The molecule has 1 aromatic rings. The summed E-state index contributed by atoms with van der Waals surface area (Å²) in [6.45, 7) is 0.836. The summed E-state index contributed by atoms with van der Waals surface area (Å²) in [6, 6.07) is 0.741. The highest BCUT2D eigenvalue weighted by molar-refractivity contribution is 7.88. The summed E-state index contributed by atoms with van der Waals surface area (Å²) >= 11 is 0. The smallest absolute Gasteiger partial charge is 0.232 e. The SMILES string of the molecule is CCN(CC(N)=O)S(=O)(=O)Cc1cc(F)c(F)cc1F. The topological polar surface area (TPSA) is 80.5 Å². The highest BCUT2D eigenvalue weighted by Crippen LogP contribution is 2.18. The quantitative estimate of drug-likeness (QED) is 0.787. The number of sulfonamides is 1. The van der Waals surface area contributed by atoms with Gasteiger partial charge in [0.05, 0.1) is 12.3 Å². The van der Waals surface area contributed by atoms with E-state index in [1.165, 1.54) is 6.92 Å². The number of nitrogens with two attached hydrogens (primary N) is 1. The van der Waals surface area contributed by atoms with E-state index in [0.29, 0.717) is 6.07 Å². The Balaban J connectivity index is 3.07. The third kappa shape index (κ3) is 3.94. The summed E-state index contributed by atoms with van der Waals surface area (Å²) in [5.74, 6) is -5.71. The van der Waals surface area contributed by atoms with Gasteiger partial charge in [-0.2, -0.15) is 4.31 Å². The number of rotatable bonds is 6. The van der Waals surface area contributed by atoms with Crippen LogP contribution in [0.1, 0.15) is 12.5 Å². The number of benzene rings is 1. The molecule has 0 aliphatic rings. The highest BCUT2D eigenvalue weighted by Gasteiger charge is 2.24. The minimum absolute atomic E-state index is 0.0590. The maximum atomic E-state index is 13.4. The van der Waals surface area contributed by atoms with Crippen LogP contribution < -0.4 is 5.73 Å². The van der Waals surface area contributed by atoms with Crippen LogP contribution >= 0.6 is 0 Å². The van der Waals surface area contributed by atoms with E-state index in [9.17, 15) is 26.4 Å². The fraction of sp³-hybridized carbons (Fsp3) is 0.364. The second-order valence-electron chi connectivity index (χ2n) is 4.01. The molecule has 0 bridgehead atoms. The van der Waals surface area contributed by atoms with E-state index in [0.717, 1.165) is 4.31 Å². The molecule has 0 aromatic heterocycles. The molecule has 0 aliphatic carbocycles. The number of likely N-dealkylation sites (N-methyl/N-ethyl adjacent to an activating group) is 1. The van der Waals surface area contributed by atoms with Crippen molar-refractivity contribution in [2.75, 3.05) is 13.1 Å². The van der Waals surface area contributed by atoms with E-state index in [1.807, 2.05) is 0 Å². The van der Waals surface area contributed by atoms with Crippen LogP contribution in [0.2, 0.25) is 0 Å². The fourth-order valence-electron chi connectivity index (χ4n) is 1.54. The van der Waals surface area contributed by atoms with Crippen molar-refractivity contribution in [2.45, 2.75) is 12.7 Å². The van der Waals surface area contributed by atoms with Gasteiger partial charge in [-0.15, -0.1) is 0 Å². The van der Waals surface area contributed by atoms with Gasteiger partial charge in [0.1, 0.15) is 5.82 Å². The van der Waals surface area contributed by atoms with Crippen molar-refractivity contribution in [3.05, 3.63) is 35.1 Å². The van der Waals surface area contributed by atoms with Crippen molar-refractivity contribution in [2.24, 2.45) is 5.73 Å². The summed E-state index contributed by atoms with van der Waals surface area (Å²) in [5.41, 5.74) is 4.38. The maximum absolute atomic E-state index is 13.4. The first-order valence-electron chi connectivity index (χ1n) is 5.57. The van der Waals surface area contributed by atoms with E-state index >= 15 is 0 Å². The van der Waals surface area contributed by atoms with E-state index in [-0.39, 0.29) is 12.6 Å². The molecule has 1 aromatic carbocycles. The Morgan fingerprint density at radius 3 is 2.25 bits per heavy atom. The number of hydrogen-bond donors (Lipinski definition) is 1. The molecule has 2 N–H and O–H groups in total. The van der Waals surface area contributed by atoms with Gasteiger partial charge in [-0.05, 0) is 6.07 Å². The van der Waals surface area contributed by atoms with E-state index in [4.69, 9.17) is 5.73 Å². The van der Waals surface area contributed by atoms with E-state index in [1.54, 1.807) is 0 Å². The molecule has 9 heteroatoms.